The van der Waals surface area contributed by atoms with Gasteiger partial charge in [0.15, 0.2) is 0 Å². The molecular formula is C16H25NO. The summed E-state index contributed by atoms with van der Waals surface area (Å²) >= 11 is 0. The molecule has 1 aromatic carbocycles. The smallest absolute Gasteiger partial charge is 0.123 e. The van der Waals surface area contributed by atoms with Gasteiger partial charge in [-0.1, -0.05) is 37.5 Å². The van der Waals surface area contributed by atoms with Gasteiger partial charge in [-0.05, 0) is 38.3 Å². The fraction of sp³-hybridized carbons (Fsp3) is 0.625. The first-order valence-electron chi connectivity index (χ1n) is 7.22. The summed E-state index contributed by atoms with van der Waals surface area (Å²) in [6.45, 7) is 7.17. The van der Waals surface area contributed by atoms with E-state index in [0.29, 0.717) is 0 Å². The third kappa shape index (κ3) is 4.34. The van der Waals surface area contributed by atoms with E-state index in [1.165, 1.54) is 36.8 Å². The monoisotopic (exact) mass is 247 g/mol. The molecule has 100 valence electrons. The highest BCUT2D eigenvalue weighted by Gasteiger charge is 2.20. The van der Waals surface area contributed by atoms with Crippen molar-refractivity contribution in [3.63, 3.8) is 0 Å². The first kappa shape index (κ1) is 13.4. The van der Waals surface area contributed by atoms with Gasteiger partial charge in [0.25, 0.3) is 0 Å². The van der Waals surface area contributed by atoms with E-state index in [-0.39, 0.29) is 0 Å². The zero-order valence-corrected chi connectivity index (χ0v) is 11.7. The van der Waals surface area contributed by atoms with E-state index in [1.807, 2.05) is 0 Å². The normalized spacial score (nSPS) is 14.8. The SMILES string of the molecule is CCCNCc1cc(C)ccc1OCCC1CC1. The van der Waals surface area contributed by atoms with E-state index in [2.05, 4.69) is 37.4 Å². The second-order valence-electron chi connectivity index (χ2n) is 5.37. The molecule has 0 amide bonds. The summed E-state index contributed by atoms with van der Waals surface area (Å²) in [4.78, 5) is 0. The lowest BCUT2D eigenvalue weighted by atomic mass is 10.1. The van der Waals surface area contributed by atoms with Gasteiger partial charge in [-0.25, -0.2) is 0 Å². The van der Waals surface area contributed by atoms with Crippen LogP contribution >= 0.6 is 0 Å². The molecule has 0 heterocycles. The van der Waals surface area contributed by atoms with Gasteiger partial charge in [0.1, 0.15) is 5.75 Å². The molecule has 0 aliphatic heterocycles. The summed E-state index contributed by atoms with van der Waals surface area (Å²) in [5.74, 6) is 2.00. The second-order valence-corrected chi connectivity index (χ2v) is 5.37. The van der Waals surface area contributed by atoms with Crippen LogP contribution in [0, 0.1) is 12.8 Å². The summed E-state index contributed by atoms with van der Waals surface area (Å²) < 4.78 is 5.93. The number of ether oxygens (including phenoxy) is 1. The zero-order valence-electron chi connectivity index (χ0n) is 11.7. The molecular weight excluding hydrogens is 222 g/mol. The molecule has 0 atom stereocenters. The van der Waals surface area contributed by atoms with Crippen molar-refractivity contribution in [2.45, 2.75) is 46.1 Å². The number of nitrogens with one attached hydrogen (secondary N) is 1. The Hall–Kier alpha value is -1.02. The molecule has 2 nitrogen and oxygen atoms in total. The minimum atomic E-state index is 0.870. The van der Waals surface area contributed by atoms with E-state index in [9.17, 15) is 0 Å². The van der Waals surface area contributed by atoms with Gasteiger partial charge in [0.2, 0.25) is 0 Å². The second kappa shape index (κ2) is 6.79. The number of hydrogen-bond acceptors (Lipinski definition) is 2. The first-order valence-corrected chi connectivity index (χ1v) is 7.22. The van der Waals surface area contributed by atoms with Crippen LogP contribution in [0.5, 0.6) is 5.75 Å². The van der Waals surface area contributed by atoms with Crippen LogP contribution in [0.1, 0.15) is 43.7 Å². The molecule has 1 N–H and O–H groups in total. The van der Waals surface area contributed by atoms with E-state index < -0.39 is 0 Å². The Kier molecular flexibility index (Phi) is 5.06. The quantitative estimate of drug-likeness (QED) is 0.708. The molecule has 1 aromatic rings. The lowest BCUT2D eigenvalue weighted by Crippen LogP contribution is -2.15. The topological polar surface area (TPSA) is 21.3 Å². The molecule has 2 heteroatoms. The number of hydrogen-bond donors (Lipinski definition) is 1. The van der Waals surface area contributed by atoms with E-state index >= 15 is 0 Å². The predicted octanol–water partition coefficient (Wildman–Crippen LogP) is 3.67. The number of benzene rings is 1. The summed E-state index contributed by atoms with van der Waals surface area (Å²) in [7, 11) is 0. The van der Waals surface area contributed by atoms with Crippen molar-refractivity contribution in [3.05, 3.63) is 29.3 Å². The fourth-order valence-electron chi connectivity index (χ4n) is 2.13. The Balaban J connectivity index is 1.88. The van der Waals surface area contributed by atoms with Crippen molar-refractivity contribution in [1.29, 1.82) is 0 Å². The van der Waals surface area contributed by atoms with Crippen molar-refractivity contribution in [1.82, 2.24) is 5.32 Å². The standard InChI is InChI=1S/C16H25NO/c1-3-9-17-12-15-11-13(2)4-7-16(15)18-10-8-14-5-6-14/h4,7,11,14,17H,3,5-6,8-10,12H2,1-2H3. The van der Waals surface area contributed by atoms with Crippen LogP contribution in [0.3, 0.4) is 0 Å². The Morgan fingerprint density at radius 2 is 2.17 bits per heavy atom. The molecule has 0 bridgehead atoms. The Labute approximate surface area is 111 Å². The minimum Gasteiger partial charge on any atom is -0.493 e. The van der Waals surface area contributed by atoms with Crippen molar-refractivity contribution < 1.29 is 4.74 Å². The summed E-state index contributed by atoms with van der Waals surface area (Å²) in [6.07, 6.45) is 5.20. The summed E-state index contributed by atoms with van der Waals surface area (Å²) in [5.41, 5.74) is 2.59. The number of aryl methyl sites for hydroxylation is 1. The maximum absolute atomic E-state index is 5.93. The van der Waals surface area contributed by atoms with Gasteiger partial charge < -0.3 is 10.1 Å². The van der Waals surface area contributed by atoms with Crippen LogP contribution in [-0.4, -0.2) is 13.2 Å². The van der Waals surface area contributed by atoms with Crippen LogP contribution in [0.4, 0.5) is 0 Å². The van der Waals surface area contributed by atoms with Gasteiger partial charge in [0, 0.05) is 12.1 Å². The van der Waals surface area contributed by atoms with Crippen LogP contribution in [-0.2, 0) is 6.54 Å². The molecule has 1 aliphatic rings. The maximum atomic E-state index is 5.93. The van der Waals surface area contributed by atoms with Crippen LogP contribution in [0.15, 0.2) is 18.2 Å². The highest BCUT2D eigenvalue weighted by Crippen LogP contribution is 2.32. The van der Waals surface area contributed by atoms with Crippen LogP contribution in [0.2, 0.25) is 0 Å². The lowest BCUT2D eigenvalue weighted by molar-refractivity contribution is 0.298. The summed E-state index contributed by atoms with van der Waals surface area (Å²) in [6, 6.07) is 6.48. The third-order valence-electron chi connectivity index (χ3n) is 3.44. The Morgan fingerprint density at radius 1 is 1.33 bits per heavy atom. The molecule has 1 fully saturated rings. The lowest BCUT2D eigenvalue weighted by Gasteiger charge is -2.13. The number of rotatable bonds is 8. The fourth-order valence-corrected chi connectivity index (χ4v) is 2.13. The highest BCUT2D eigenvalue weighted by atomic mass is 16.5. The molecule has 18 heavy (non-hydrogen) atoms. The van der Waals surface area contributed by atoms with Crippen LogP contribution < -0.4 is 10.1 Å². The molecule has 0 unspecified atom stereocenters. The van der Waals surface area contributed by atoms with Crippen molar-refractivity contribution in [3.8, 4) is 5.75 Å². The van der Waals surface area contributed by atoms with Gasteiger partial charge in [-0.3, -0.25) is 0 Å². The van der Waals surface area contributed by atoms with Crippen molar-refractivity contribution >= 4 is 0 Å². The molecule has 0 aromatic heterocycles. The van der Waals surface area contributed by atoms with Gasteiger partial charge in [0.05, 0.1) is 6.61 Å². The van der Waals surface area contributed by atoms with Gasteiger partial charge in [-0.15, -0.1) is 0 Å². The Morgan fingerprint density at radius 3 is 2.89 bits per heavy atom. The first-order chi connectivity index (χ1) is 8.79. The van der Waals surface area contributed by atoms with Gasteiger partial charge in [-0.2, -0.15) is 0 Å². The average Bonchev–Trinajstić information content (AvgIpc) is 3.16. The third-order valence-corrected chi connectivity index (χ3v) is 3.44. The molecule has 1 aliphatic carbocycles. The maximum Gasteiger partial charge on any atom is 0.123 e. The molecule has 1 saturated carbocycles. The van der Waals surface area contributed by atoms with Crippen LogP contribution in [0.25, 0.3) is 0 Å². The molecule has 0 saturated heterocycles. The van der Waals surface area contributed by atoms with E-state index in [4.69, 9.17) is 4.74 Å². The van der Waals surface area contributed by atoms with Gasteiger partial charge >= 0.3 is 0 Å². The van der Waals surface area contributed by atoms with E-state index in [1.54, 1.807) is 0 Å². The highest BCUT2D eigenvalue weighted by molar-refractivity contribution is 5.36. The Bertz CT molecular complexity index is 371. The predicted molar refractivity (Wildman–Crippen MR) is 76.0 cm³/mol. The zero-order chi connectivity index (χ0) is 12.8. The summed E-state index contributed by atoms with van der Waals surface area (Å²) in [5, 5.41) is 3.45. The average molecular weight is 247 g/mol. The molecule has 0 spiro atoms. The van der Waals surface area contributed by atoms with E-state index in [0.717, 1.165) is 31.4 Å². The molecule has 0 radical (unpaired) electrons. The molecule has 2 rings (SSSR count). The van der Waals surface area contributed by atoms with Crippen molar-refractivity contribution in [2.75, 3.05) is 13.2 Å². The van der Waals surface area contributed by atoms with Crippen molar-refractivity contribution in [2.24, 2.45) is 5.92 Å². The largest absolute Gasteiger partial charge is 0.493 e. The minimum absolute atomic E-state index is 0.870.